The van der Waals surface area contributed by atoms with Crippen molar-refractivity contribution in [2.75, 3.05) is 48.3 Å². The van der Waals surface area contributed by atoms with Crippen molar-refractivity contribution in [3.8, 4) is 0 Å². The number of rotatable bonds is 8. The Morgan fingerprint density at radius 3 is 2.07 bits per heavy atom. The molecule has 42 heavy (non-hydrogen) atoms. The molecule has 1 aliphatic rings. The number of aromatic nitrogens is 2. The van der Waals surface area contributed by atoms with Crippen molar-refractivity contribution in [3.05, 3.63) is 48.2 Å². The van der Waals surface area contributed by atoms with Crippen LogP contribution in [0.2, 0.25) is 0 Å². The molecule has 1 fully saturated rings. The molecule has 0 saturated carbocycles. The number of H-pyrrole nitrogens is 1. The summed E-state index contributed by atoms with van der Waals surface area (Å²) in [5.41, 5.74) is 0.0643. The third-order valence-electron chi connectivity index (χ3n) is 6.50. The molecule has 0 bridgehead atoms. The molecular formula is C24H21F11N6O. The van der Waals surface area contributed by atoms with Crippen LogP contribution in [0.4, 0.5) is 70.3 Å². The number of anilines is 3. The lowest BCUT2D eigenvalue weighted by Crippen LogP contribution is -2.62. The smallest absolute Gasteiger partial charge is 0.358 e. The Labute approximate surface area is 229 Å². The Balaban J connectivity index is 1.39. The molecule has 0 spiro atoms. The molecule has 1 saturated heterocycles. The number of amides is 2. The molecule has 0 atom stereocenters. The van der Waals surface area contributed by atoms with Gasteiger partial charge in [0.05, 0.1) is 23.3 Å². The van der Waals surface area contributed by atoms with Gasteiger partial charge in [0.15, 0.2) is 0 Å². The molecule has 3 N–H and O–H groups in total. The summed E-state index contributed by atoms with van der Waals surface area (Å²) in [4.78, 5) is 22.0. The third kappa shape index (κ3) is 6.17. The van der Waals surface area contributed by atoms with Crippen LogP contribution >= 0.6 is 0 Å². The standard InChI is InChI=1S/C24H21F11N6O/c25-19(26)22(29,30)24(34,35)21(27,28)12-40-7-9-41(10-8-40)17-6-5-15-18(39-17)16(11-36-15)38-20(42)37-14-3-1-13(2-4-14)23(31,32)33/h1-6,11,19,36H,7-10,12H2,(H2,37,38,42). The Hall–Kier alpha value is -3.83. The van der Waals surface area contributed by atoms with E-state index in [1.165, 1.54) is 12.3 Å². The van der Waals surface area contributed by atoms with E-state index in [0.29, 0.717) is 5.52 Å². The van der Waals surface area contributed by atoms with Crippen LogP contribution in [0.25, 0.3) is 11.0 Å². The van der Waals surface area contributed by atoms with Gasteiger partial charge in [-0.25, -0.2) is 18.6 Å². The number of hydrogen-bond acceptors (Lipinski definition) is 4. The van der Waals surface area contributed by atoms with E-state index in [4.69, 9.17) is 0 Å². The Morgan fingerprint density at radius 2 is 1.50 bits per heavy atom. The molecule has 3 aromatic rings. The van der Waals surface area contributed by atoms with Crippen LogP contribution in [-0.2, 0) is 6.18 Å². The van der Waals surface area contributed by atoms with Crippen LogP contribution < -0.4 is 15.5 Å². The maximum absolute atomic E-state index is 14.0. The van der Waals surface area contributed by atoms with Gasteiger partial charge in [0, 0.05) is 38.1 Å². The number of nitrogens with zero attached hydrogens (tertiary/aromatic N) is 3. The average Bonchev–Trinajstić information content (AvgIpc) is 3.30. The lowest BCUT2D eigenvalue weighted by Gasteiger charge is -2.39. The van der Waals surface area contributed by atoms with Gasteiger partial charge in [0.2, 0.25) is 0 Å². The van der Waals surface area contributed by atoms with E-state index in [0.717, 1.165) is 29.2 Å². The Bertz CT molecular complexity index is 1400. The van der Waals surface area contributed by atoms with Gasteiger partial charge in [-0.15, -0.1) is 0 Å². The minimum Gasteiger partial charge on any atom is -0.358 e. The molecule has 0 aliphatic carbocycles. The largest absolute Gasteiger partial charge is 0.416 e. The number of hydrogen-bond donors (Lipinski definition) is 3. The second-order valence-electron chi connectivity index (χ2n) is 9.39. The van der Waals surface area contributed by atoms with Crippen molar-refractivity contribution in [1.29, 1.82) is 0 Å². The van der Waals surface area contributed by atoms with E-state index in [1.54, 1.807) is 11.0 Å². The fourth-order valence-electron chi connectivity index (χ4n) is 4.18. The summed E-state index contributed by atoms with van der Waals surface area (Å²) in [6.45, 7) is -2.61. The van der Waals surface area contributed by atoms with Gasteiger partial charge in [-0.05, 0) is 36.4 Å². The van der Waals surface area contributed by atoms with Gasteiger partial charge in [0.25, 0.3) is 0 Å². The summed E-state index contributed by atoms with van der Waals surface area (Å²) < 4.78 is 144. The number of halogens is 11. The SMILES string of the molecule is O=C(Nc1ccc(C(F)(F)F)cc1)Nc1c[nH]c2ccc(N3CCN(CC(F)(F)C(F)(F)C(F)(F)C(F)F)CC3)nc12. The zero-order chi connectivity index (χ0) is 31.1. The lowest BCUT2D eigenvalue weighted by molar-refractivity contribution is -0.340. The molecule has 2 amide bonds. The van der Waals surface area contributed by atoms with Crippen LogP contribution in [0.3, 0.4) is 0 Å². The predicted molar refractivity (Wildman–Crippen MR) is 130 cm³/mol. The molecule has 2 aromatic heterocycles. The summed E-state index contributed by atoms with van der Waals surface area (Å²) in [5.74, 6) is -17.7. The van der Waals surface area contributed by atoms with Crippen molar-refractivity contribution >= 4 is 34.3 Å². The van der Waals surface area contributed by atoms with Crippen molar-refractivity contribution in [2.45, 2.75) is 30.4 Å². The van der Waals surface area contributed by atoms with E-state index in [-0.39, 0.29) is 48.9 Å². The quantitative estimate of drug-likeness (QED) is 0.252. The third-order valence-corrected chi connectivity index (χ3v) is 6.50. The molecule has 0 unspecified atom stereocenters. The second kappa shape index (κ2) is 11.1. The number of nitrogens with one attached hydrogen (secondary N) is 3. The number of carbonyl (C=O) groups excluding carboxylic acids is 1. The van der Waals surface area contributed by atoms with Gasteiger partial charge in [-0.2, -0.15) is 39.5 Å². The van der Waals surface area contributed by atoms with E-state index in [9.17, 15) is 53.1 Å². The van der Waals surface area contributed by atoms with E-state index in [1.807, 2.05) is 0 Å². The van der Waals surface area contributed by atoms with Crippen LogP contribution in [0.1, 0.15) is 5.56 Å². The highest BCUT2D eigenvalue weighted by atomic mass is 19.4. The highest BCUT2D eigenvalue weighted by Gasteiger charge is 2.75. The van der Waals surface area contributed by atoms with Crippen molar-refractivity contribution in [2.24, 2.45) is 0 Å². The highest BCUT2D eigenvalue weighted by molar-refractivity contribution is 6.05. The first-order valence-corrected chi connectivity index (χ1v) is 12.0. The molecule has 4 rings (SSSR count). The number of piperazine rings is 1. The molecule has 7 nitrogen and oxygen atoms in total. The van der Waals surface area contributed by atoms with Crippen LogP contribution in [0.15, 0.2) is 42.6 Å². The lowest BCUT2D eigenvalue weighted by atomic mass is 10.0. The van der Waals surface area contributed by atoms with Gasteiger partial charge >= 0.3 is 36.4 Å². The molecule has 0 radical (unpaired) electrons. The maximum Gasteiger partial charge on any atom is 0.416 e. The molecule has 3 heterocycles. The second-order valence-corrected chi connectivity index (χ2v) is 9.39. The fraction of sp³-hybridized carbons (Fsp3) is 0.417. The first kappa shape index (κ1) is 31.1. The number of carbonyl (C=O) groups is 1. The van der Waals surface area contributed by atoms with Crippen molar-refractivity contribution in [1.82, 2.24) is 14.9 Å². The highest BCUT2D eigenvalue weighted by Crippen LogP contribution is 2.48. The van der Waals surface area contributed by atoms with Crippen molar-refractivity contribution in [3.63, 3.8) is 0 Å². The minimum atomic E-state index is -6.28. The summed E-state index contributed by atoms with van der Waals surface area (Å²) in [6, 6.07) is 6.02. The van der Waals surface area contributed by atoms with Gasteiger partial charge in [-0.3, -0.25) is 4.90 Å². The van der Waals surface area contributed by atoms with Gasteiger partial charge < -0.3 is 20.5 Å². The predicted octanol–water partition coefficient (Wildman–Crippen LogP) is 6.52. The Kier molecular flexibility index (Phi) is 8.23. The van der Waals surface area contributed by atoms with Gasteiger partial charge in [0.1, 0.15) is 11.3 Å². The van der Waals surface area contributed by atoms with Crippen molar-refractivity contribution < 1.29 is 53.1 Å². The van der Waals surface area contributed by atoms with Crippen LogP contribution in [0, 0.1) is 0 Å². The first-order chi connectivity index (χ1) is 19.4. The summed E-state index contributed by atoms with van der Waals surface area (Å²) in [6.07, 6.45) is -8.14. The zero-order valence-electron chi connectivity index (χ0n) is 21.1. The number of alkyl halides is 11. The number of aromatic amines is 1. The average molecular weight is 618 g/mol. The molecule has 1 aromatic carbocycles. The number of fused-ring (bicyclic) bond motifs is 1. The maximum atomic E-state index is 14.0. The molecule has 18 heteroatoms. The monoisotopic (exact) mass is 618 g/mol. The van der Waals surface area contributed by atoms with Crippen LogP contribution in [-0.4, -0.2) is 77.8 Å². The van der Waals surface area contributed by atoms with Gasteiger partial charge in [-0.1, -0.05) is 0 Å². The zero-order valence-corrected chi connectivity index (χ0v) is 21.1. The molecular weight excluding hydrogens is 597 g/mol. The number of urea groups is 1. The Morgan fingerprint density at radius 1 is 0.881 bits per heavy atom. The topological polar surface area (TPSA) is 76.3 Å². The first-order valence-electron chi connectivity index (χ1n) is 12.0. The number of pyridine rings is 1. The van der Waals surface area contributed by atoms with Crippen LogP contribution in [0.5, 0.6) is 0 Å². The van der Waals surface area contributed by atoms with E-state index >= 15 is 0 Å². The fourth-order valence-corrected chi connectivity index (χ4v) is 4.18. The van der Waals surface area contributed by atoms with E-state index in [2.05, 4.69) is 20.6 Å². The molecule has 230 valence electrons. The summed E-state index contributed by atoms with van der Waals surface area (Å²) >= 11 is 0. The molecule has 1 aliphatic heterocycles. The summed E-state index contributed by atoms with van der Waals surface area (Å²) in [7, 11) is 0. The number of benzene rings is 1. The van der Waals surface area contributed by atoms with E-state index < -0.39 is 48.5 Å². The minimum absolute atomic E-state index is 0.0625. The normalized spacial score (nSPS) is 15.9. The summed E-state index contributed by atoms with van der Waals surface area (Å²) in [5, 5.41) is 4.87.